The van der Waals surface area contributed by atoms with Crippen LogP contribution in [0.25, 0.3) is 5.57 Å². The summed E-state index contributed by atoms with van der Waals surface area (Å²) in [5.41, 5.74) is 7.94. The molecule has 0 saturated carbocycles. The van der Waals surface area contributed by atoms with Gasteiger partial charge in [-0.2, -0.15) is 0 Å². The van der Waals surface area contributed by atoms with Crippen molar-refractivity contribution in [3.63, 3.8) is 0 Å². The minimum absolute atomic E-state index is 0.0330. The van der Waals surface area contributed by atoms with Crippen molar-refractivity contribution in [2.24, 2.45) is 5.41 Å². The molecule has 2 atom stereocenters. The molecule has 4 heteroatoms. The monoisotopic (exact) mass is 380 g/mol. The summed E-state index contributed by atoms with van der Waals surface area (Å²) in [7, 11) is 0. The van der Waals surface area contributed by atoms with Gasteiger partial charge in [0.25, 0.3) is 0 Å². The van der Waals surface area contributed by atoms with E-state index in [9.17, 15) is 9.59 Å². The molecule has 28 heavy (non-hydrogen) atoms. The van der Waals surface area contributed by atoms with E-state index in [-0.39, 0.29) is 23.5 Å². The zero-order valence-corrected chi connectivity index (χ0v) is 17.2. The fourth-order valence-corrected chi connectivity index (χ4v) is 5.60. The second-order valence-electron chi connectivity index (χ2n) is 8.23. The van der Waals surface area contributed by atoms with E-state index in [1.165, 1.54) is 41.7 Å². The number of benzene rings is 1. The first kappa shape index (κ1) is 19.0. The first-order valence-corrected chi connectivity index (χ1v) is 10.3. The predicted octanol–water partition coefficient (Wildman–Crippen LogP) is 5.07. The molecule has 0 radical (unpaired) electrons. The third kappa shape index (κ3) is 2.81. The summed E-state index contributed by atoms with van der Waals surface area (Å²) in [6.45, 7) is 7.22. The summed E-state index contributed by atoms with van der Waals surface area (Å²) in [6, 6.07) is 4.05. The second kappa shape index (κ2) is 6.91. The molecule has 1 aromatic rings. The average molecular weight is 380 g/mol. The lowest BCUT2D eigenvalue weighted by Crippen LogP contribution is -2.38. The van der Waals surface area contributed by atoms with Gasteiger partial charge in [0, 0.05) is 25.7 Å². The summed E-state index contributed by atoms with van der Waals surface area (Å²) in [4.78, 5) is 23.0. The van der Waals surface area contributed by atoms with Gasteiger partial charge in [-0.3, -0.25) is 9.59 Å². The fraction of sp³-hybridized carbons (Fsp3) is 0.500. The van der Waals surface area contributed by atoms with Crippen LogP contribution >= 0.6 is 0 Å². The minimum atomic E-state index is -0.281. The molecule has 3 aliphatic carbocycles. The summed E-state index contributed by atoms with van der Waals surface area (Å²) in [5.74, 6) is 0.204. The lowest BCUT2D eigenvalue weighted by atomic mass is 9.62. The van der Waals surface area contributed by atoms with Crippen LogP contribution in [0.4, 0.5) is 0 Å². The van der Waals surface area contributed by atoms with Crippen molar-refractivity contribution in [3.05, 3.63) is 46.0 Å². The molecule has 0 amide bonds. The van der Waals surface area contributed by atoms with Crippen molar-refractivity contribution in [1.82, 2.24) is 0 Å². The summed E-state index contributed by atoms with van der Waals surface area (Å²) in [6.07, 6.45) is 8.04. The maximum absolute atomic E-state index is 11.6. The first-order valence-electron chi connectivity index (χ1n) is 10.3. The van der Waals surface area contributed by atoms with E-state index in [0.29, 0.717) is 5.75 Å². The average Bonchev–Trinajstić information content (AvgIpc) is 3.01. The summed E-state index contributed by atoms with van der Waals surface area (Å²) < 4.78 is 11.1. The molecule has 0 N–H and O–H groups in total. The van der Waals surface area contributed by atoms with Crippen LogP contribution in [0, 0.1) is 12.3 Å². The molecule has 0 aliphatic heterocycles. The molecule has 4 rings (SSSR count). The van der Waals surface area contributed by atoms with Crippen molar-refractivity contribution in [1.29, 1.82) is 0 Å². The Balaban J connectivity index is 1.75. The number of carbonyl (C=O) groups excluding carboxylic acids is 2. The first-order chi connectivity index (χ1) is 13.4. The van der Waals surface area contributed by atoms with Gasteiger partial charge >= 0.3 is 11.9 Å². The zero-order valence-electron chi connectivity index (χ0n) is 17.2. The van der Waals surface area contributed by atoms with E-state index in [0.717, 1.165) is 44.1 Å². The molecule has 3 aliphatic rings. The van der Waals surface area contributed by atoms with Gasteiger partial charge in [0.2, 0.25) is 0 Å². The SMILES string of the molecule is CC[C@]12CCC3=C(CCc4c3ccc(OC(C)=O)c4C)C1=CC[C@@H]2OC(C)=O. The van der Waals surface area contributed by atoms with Crippen molar-refractivity contribution < 1.29 is 19.1 Å². The highest BCUT2D eigenvalue weighted by atomic mass is 16.5. The lowest BCUT2D eigenvalue weighted by molar-refractivity contribution is -0.151. The maximum Gasteiger partial charge on any atom is 0.308 e. The van der Waals surface area contributed by atoms with Gasteiger partial charge in [-0.1, -0.05) is 19.1 Å². The standard InChI is InChI=1S/C24H28O4/c1-5-24-13-12-19-18-8-10-22(27-15(3)25)14(2)17(18)6-7-20(19)21(24)9-11-23(24)28-16(4)26/h8-10,23H,5-7,11-13H2,1-4H3/t23-,24-/m0/s1. The van der Waals surface area contributed by atoms with Gasteiger partial charge in [0.05, 0.1) is 0 Å². The van der Waals surface area contributed by atoms with Crippen molar-refractivity contribution in [3.8, 4) is 5.75 Å². The van der Waals surface area contributed by atoms with Gasteiger partial charge in [0.15, 0.2) is 0 Å². The van der Waals surface area contributed by atoms with Crippen molar-refractivity contribution >= 4 is 17.5 Å². The molecule has 0 spiro atoms. The highest BCUT2D eigenvalue weighted by Crippen LogP contribution is 2.58. The Labute approximate surface area is 166 Å². The summed E-state index contributed by atoms with van der Waals surface area (Å²) >= 11 is 0. The molecule has 148 valence electrons. The largest absolute Gasteiger partial charge is 0.461 e. The van der Waals surface area contributed by atoms with Gasteiger partial charge in [-0.15, -0.1) is 0 Å². The van der Waals surface area contributed by atoms with Crippen LogP contribution in [-0.2, 0) is 20.7 Å². The van der Waals surface area contributed by atoms with Gasteiger partial charge < -0.3 is 9.47 Å². The number of allylic oxidation sites excluding steroid dienone is 2. The Morgan fingerprint density at radius 1 is 1.11 bits per heavy atom. The highest BCUT2D eigenvalue weighted by molar-refractivity contribution is 5.81. The number of rotatable bonds is 3. The number of hydrogen-bond donors (Lipinski definition) is 0. The van der Waals surface area contributed by atoms with E-state index < -0.39 is 0 Å². The van der Waals surface area contributed by atoms with Crippen molar-refractivity contribution in [2.75, 3.05) is 0 Å². The van der Waals surface area contributed by atoms with Crippen LogP contribution < -0.4 is 4.74 Å². The Morgan fingerprint density at radius 3 is 2.57 bits per heavy atom. The van der Waals surface area contributed by atoms with Gasteiger partial charge in [0.1, 0.15) is 11.9 Å². The minimum Gasteiger partial charge on any atom is -0.461 e. The number of hydrogen-bond acceptors (Lipinski definition) is 4. The van der Waals surface area contributed by atoms with Crippen LogP contribution in [0.15, 0.2) is 29.4 Å². The van der Waals surface area contributed by atoms with Crippen LogP contribution in [0.5, 0.6) is 5.75 Å². The molecule has 0 aromatic heterocycles. The Morgan fingerprint density at radius 2 is 1.89 bits per heavy atom. The van der Waals surface area contributed by atoms with E-state index >= 15 is 0 Å². The highest BCUT2D eigenvalue weighted by Gasteiger charge is 2.50. The molecule has 0 bridgehead atoms. The Hall–Kier alpha value is -2.36. The molecule has 0 saturated heterocycles. The summed E-state index contributed by atoms with van der Waals surface area (Å²) in [5, 5.41) is 0. The predicted molar refractivity (Wildman–Crippen MR) is 108 cm³/mol. The quantitative estimate of drug-likeness (QED) is 0.542. The molecule has 0 fully saturated rings. The number of fused-ring (bicyclic) bond motifs is 4. The van der Waals surface area contributed by atoms with Crippen LogP contribution in [0.3, 0.4) is 0 Å². The van der Waals surface area contributed by atoms with E-state index in [1.807, 2.05) is 13.0 Å². The number of carbonyl (C=O) groups is 2. The second-order valence-corrected chi connectivity index (χ2v) is 8.23. The van der Waals surface area contributed by atoms with Gasteiger partial charge in [-0.25, -0.2) is 0 Å². The maximum atomic E-state index is 11.6. The van der Waals surface area contributed by atoms with E-state index in [2.05, 4.69) is 19.1 Å². The van der Waals surface area contributed by atoms with Crippen molar-refractivity contribution in [2.45, 2.75) is 72.3 Å². The molecule has 1 aromatic carbocycles. The van der Waals surface area contributed by atoms with Crippen LogP contribution in [0.1, 0.15) is 69.6 Å². The molecule has 0 heterocycles. The number of esters is 2. The van der Waals surface area contributed by atoms with Crippen LogP contribution in [-0.4, -0.2) is 18.0 Å². The third-order valence-electron chi connectivity index (χ3n) is 6.89. The Bertz CT molecular complexity index is 921. The third-order valence-corrected chi connectivity index (χ3v) is 6.89. The fourth-order valence-electron chi connectivity index (χ4n) is 5.60. The topological polar surface area (TPSA) is 52.6 Å². The molecular formula is C24H28O4. The zero-order chi connectivity index (χ0) is 20.1. The number of ether oxygens (including phenoxy) is 2. The molecule has 0 unspecified atom stereocenters. The lowest BCUT2D eigenvalue weighted by Gasteiger charge is -2.43. The van der Waals surface area contributed by atoms with E-state index in [1.54, 1.807) is 0 Å². The Kier molecular flexibility index (Phi) is 4.68. The van der Waals surface area contributed by atoms with Crippen LogP contribution in [0.2, 0.25) is 0 Å². The molecule has 4 nitrogen and oxygen atoms in total. The smallest absolute Gasteiger partial charge is 0.308 e. The van der Waals surface area contributed by atoms with E-state index in [4.69, 9.17) is 9.47 Å². The van der Waals surface area contributed by atoms with Gasteiger partial charge in [-0.05, 0) is 78.5 Å². The normalized spacial score (nSPS) is 25.4. The molecular weight excluding hydrogens is 352 g/mol.